The highest BCUT2D eigenvalue weighted by molar-refractivity contribution is 5.89. The highest BCUT2D eigenvalue weighted by atomic mass is 16.7. The number of hydrogen-bond donors (Lipinski definition) is 0. The van der Waals surface area contributed by atoms with Crippen LogP contribution in [0.2, 0.25) is 0 Å². The first-order valence-corrected chi connectivity index (χ1v) is 8.19. The van der Waals surface area contributed by atoms with E-state index >= 15 is 0 Å². The van der Waals surface area contributed by atoms with Crippen molar-refractivity contribution in [1.29, 1.82) is 0 Å². The Morgan fingerprint density at radius 1 is 1.19 bits per heavy atom. The number of benzene rings is 1. The van der Waals surface area contributed by atoms with Crippen LogP contribution in [0.25, 0.3) is 0 Å². The molecule has 2 aromatic rings. The van der Waals surface area contributed by atoms with Gasteiger partial charge < -0.3 is 19.1 Å². The van der Waals surface area contributed by atoms with Crippen molar-refractivity contribution in [2.45, 2.75) is 20.4 Å². The summed E-state index contributed by atoms with van der Waals surface area (Å²) in [6.45, 7) is 4.34. The molecule has 0 saturated carbocycles. The number of nitrogens with zero attached hydrogens (tertiary/aromatic N) is 3. The fourth-order valence-corrected chi connectivity index (χ4v) is 2.43. The lowest BCUT2D eigenvalue weighted by atomic mass is 10.2. The van der Waals surface area contributed by atoms with Crippen molar-refractivity contribution in [3.05, 3.63) is 47.5 Å². The lowest BCUT2D eigenvalue weighted by molar-refractivity contribution is -0.135. The molecule has 0 aliphatic carbocycles. The molecule has 2 heterocycles. The van der Waals surface area contributed by atoms with Crippen molar-refractivity contribution in [3.8, 4) is 11.5 Å². The summed E-state index contributed by atoms with van der Waals surface area (Å²) in [7, 11) is 0. The zero-order chi connectivity index (χ0) is 18.5. The summed E-state index contributed by atoms with van der Waals surface area (Å²) < 4.78 is 15.7. The third-order valence-electron chi connectivity index (χ3n) is 3.86. The van der Waals surface area contributed by atoms with E-state index in [9.17, 15) is 9.59 Å². The molecule has 0 fully saturated rings. The molecule has 0 bridgehead atoms. The van der Waals surface area contributed by atoms with Gasteiger partial charge in [0.25, 0.3) is 5.91 Å². The van der Waals surface area contributed by atoms with Crippen molar-refractivity contribution in [2.24, 2.45) is 0 Å². The minimum atomic E-state index is -0.676. The van der Waals surface area contributed by atoms with Gasteiger partial charge in [0.2, 0.25) is 6.79 Å². The number of likely N-dealkylation sites (N-methyl/N-ethyl adjacent to an activating group) is 1. The second kappa shape index (κ2) is 7.81. The molecule has 0 spiro atoms. The molecule has 136 valence electrons. The summed E-state index contributed by atoms with van der Waals surface area (Å²) in [6, 6.07) is 5.52. The molecule has 0 atom stereocenters. The lowest BCUT2D eigenvalue weighted by Gasteiger charge is -2.21. The van der Waals surface area contributed by atoms with Crippen LogP contribution < -0.4 is 9.47 Å². The van der Waals surface area contributed by atoms with E-state index in [1.54, 1.807) is 11.8 Å². The topological polar surface area (TPSA) is 90.8 Å². The van der Waals surface area contributed by atoms with E-state index in [2.05, 4.69) is 9.97 Å². The Morgan fingerprint density at radius 3 is 2.73 bits per heavy atom. The smallest absolute Gasteiger partial charge is 0.359 e. The number of aromatic nitrogens is 2. The Balaban J connectivity index is 1.56. The third kappa shape index (κ3) is 4.08. The molecule has 0 N–H and O–H groups in total. The van der Waals surface area contributed by atoms with Crippen LogP contribution in [0.4, 0.5) is 0 Å². The number of rotatable bonds is 6. The summed E-state index contributed by atoms with van der Waals surface area (Å²) in [5, 5.41) is 0. The standard InChI is InChI=1S/C18H19N3O5/c1-3-21(9-13-4-5-15-16(6-13)26-11-25-15)17(22)10-24-18(23)14-8-19-12(2)7-20-14/h4-8H,3,9-11H2,1-2H3. The van der Waals surface area contributed by atoms with Gasteiger partial charge in [-0.25, -0.2) is 9.78 Å². The zero-order valence-electron chi connectivity index (χ0n) is 14.6. The van der Waals surface area contributed by atoms with Crippen LogP contribution in [0, 0.1) is 6.92 Å². The molecular formula is C18H19N3O5. The van der Waals surface area contributed by atoms with Crippen molar-refractivity contribution >= 4 is 11.9 Å². The lowest BCUT2D eigenvalue weighted by Crippen LogP contribution is -2.34. The first-order chi connectivity index (χ1) is 12.6. The average Bonchev–Trinajstić information content (AvgIpc) is 3.12. The SMILES string of the molecule is CCN(Cc1ccc2c(c1)OCO2)C(=O)COC(=O)c1cnc(C)cn1. The van der Waals surface area contributed by atoms with Gasteiger partial charge in [0.05, 0.1) is 11.9 Å². The molecule has 1 aliphatic rings. The largest absolute Gasteiger partial charge is 0.454 e. The van der Waals surface area contributed by atoms with Crippen molar-refractivity contribution in [3.63, 3.8) is 0 Å². The molecule has 0 saturated heterocycles. The van der Waals surface area contributed by atoms with Crippen LogP contribution in [0.1, 0.15) is 28.7 Å². The Morgan fingerprint density at radius 2 is 2.00 bits per heavy atom. The number of fused-ring (bicyclic) bond motifs is 1. The van der Waals surface area contributed by atoms with Gasteiger partial charge in [-0.05, 0) is 31.5 Å². The summed E-state index contributed by atoms with van der Waals surface area (Å²) >= 11 is 0. The van der Waals surface area contributed by atoms with Crippen LogP contribution in [0.5, 0.6) is 11.5 Å². The van der Waals surface area contributed by atoms with Gasteiger partial charge in [0, 0.05) is 19.3 Å². The number of carbonyl (C=O) groups excluding carboxylic acids is 2. The molecule has 26 heavy (non-hydrogen) atoms. The first kappa shape index (κ1) is 17.7. The van der Waals surface area contributed by atoms with Gasteiger partial charge in [0.15, 0.2) is 23.8 Å². The van der Waals surface area contributed by atoms with E-state index < -0.39 is 5.97 Å². The molecule has 8 nitrogen and oxygen atoms in total. The molecule has 3 rings (SSSR count). The second-order valence-corrected chi connectivity index (χ2v) is 5.71. The van der Waals surface area contributed by atoms with E-state index in [0.717, 1.165) is 5.56 Å². The van der Waals surface area contributed by atoms with Gasteiger partial charge in [-0.2, -0.15) is 0 Å². The Hall–Kier alpha value is -3.16. The van der Waals surface area contributed by atoms with E-state index in [-0.39, 0.29) is 25.0 Å². The number of ether oxygens (including phenoxy) is 3. The molecule has 1 aromatic carbocycles. The van der Waals surface area contributed by atoms with Crippen LogP contribution in [-0.4, -0.2) is 46.7 Å². The minimum Gasteiger partial charge on any atom is -0.454 e. The molecular weight excluding hydrogens is 338 g/mol. The summed E-state index contributed by atoms with van der Waals surface area (Å²) in [4.78, 5) is 33.8. The third-order valence-corrected chi connectivity index (χ3v) is 3.86. The summed E-state index contributed by atoms with van der Waals surface area (Å²) in [5.74, 6) is 0.384. The Labute approximate surface area is 150 Å². The number of aryl methyl sites for hydroxylation is 1. The first-order valence-electron chi connectivity index (χ1n) is 8.19. The monoisotopic (exact) mass is 357 g/mol. The predicted molar refractivity (Wildman–Crippen MR) is 90.7 cm³/mol. The number of carbonyl (C=O) groups is 2. The maximum absolute atomic E-state index is 12.4. The Kier molecular flexibility index (Phi) is 5.31. The molecule has 1 aliphatic heterocycles. The summed E-state index contributed by atoms with van der Waals surface area (Å²) in [5.41, 5.74) is 1.67. The van der Waals surface area contributed by atoms with Crippen LogP contribution in [-0.2, 0) is 16.1 Å². The molecule has 0 unspecified atom stereocenters. The van der Waals surface area contributed by atoms with Crippen molar-refractivity contribution < 1.29 is 23.8 Å². The highest BCUT2D eigenvalue weighted by Crippen LogP contribution is 2.32. The highest BCUT2D eigenvalue weighted by Gasteiger charge is 2.18. The van der Waals surface area contributed by atoms with Gasteiger partial charge in [0.1, 0.15) is 0 Å². The number of hydrogen-bond acceptors (Lipinski definition) is 7. The van der Waals surface area contributed by atoms with Crippen molar-refractivity contribution in [2.75, 3.05) is 19.9 Å². The van der Waals surface area contributed by atoms with Gasteiger partial charge in [-0.3, -0.25) is 9.78 Å². The van der Waals surface area contributed by atoms with Crippen LogP contribution >= 0.6 is 0 Å². The quantitative estimate of drug-likeness (QED) is 0.727. The molecule has 0 radical (unpaired) electrons. The number of amides is 1. The van der Waals surface area contributed by atoms with Crippen molar-refractivity contribution in [1.82, 2.24) is 14.9 Å². The predicted octanol–water partition coefficient (Wildman–Crippen LogP) is 1.72. The minimum absolute atomic E-state index is 0.0715. The number of esters is 1. The molecule has 1 amide bonds. The van der Waals surface area contributed by atoms with E-state index in [0.29, 0.717) is 30.3 Å². The summed E-state index contributed by atoms with van der Waals surface area (Å²) in [6.07, 6.45) is 2.79. The normalized spacial score (nSPS) is 11.9. The molecule has 8 heteroatoms. The fraction of sp³-hybridized carbons (Fsp3) is 0.333. The van der Waals surface area contributed by atoms with Crippen LogP contribution in [0.15, 0.2) is 30.6 Å². The molecule has 1 aromatic heterocycles. The van der Waals surface area contributed by atoms with E-state index in [1.165, 1.54) is 12.4 Å². The van der Waals surface area contributed by atoms with Gasteiger partial charge in [-0.15, -0.1) is 0 Å². The maximum atomic E-state index is 12.4. The maximum Gasteiger partial charge on any atom is 0.359 e. The fourth-order valence-electron chi connectivity index (χ4n) is 2.43. The van der Waals surface area contributed by atoms with Gasteiger partial charge >= 0.3 is 5.97 Å². The zero-order valence-corrected chi connectivity index (χ0v) is 14.6. The second-order valence-electron chi connectivity index (χ2n) is 5.71. The Bertz CT molecular complexity index is 807. The van der Waals surface area contributed by atoms with E-state index in [4.69, 9.17) is 14.2 Å². The van der Waals surface area contributed by atoms with E-state index in [1.807, 2.05) is 25.1 Å². The van der Waals surface area contributed by atoms with Crippen LogP contribution in [0.3, 0.4) is 0 Å². The average molecular weight is 357 g/mol. The van der Waals surface area contributed by atoms with Gasteiger partial charge in [-0.1, -0.05) is 6.07 Å².